The van der Waals surface area contributed by atoms with E-state index >= 15 is 0 Å². The van der Waals surface area contributed by atoms with Gasteiger partial charge in [0.1, 0.15) is 6.04 Å². The second-order valence-electron chi connectivity index (χ2n) is 4.46. The predicted octanol–water partition coefficient (Wildman–Crippen LogP) is 0.746. The van der Waals surface area contributed by atoms with Crippen LogP contribution in [0.1, 0.15) is 17.4 Å². The molecule has 1 atom stereocenters. The number of benzene rings is 1. The first-order valence-corrected chi connectivity index (χ1v) is 6.31. The Morgan fingerprint density at radius 1 is 1.29 bits per heavy atom. The van der Waals surface area contributed by atoms with E-state index in [0.29, 0.717) is 5.69 Å². The molecule has 0 spiro atoms. The molecule has 2 aromatic rings. The monoisotopic (exact) mass is 288 g/mol. The molecule has 0 bridgehead atoms. The van der Waals surface area contributed by atoms with Gasteiger partial charge in [-0.3, -0.25) is 4.79 Å². The lowest BCUT2D eigenvalue weighted by molar-refractivity contribution is -0.142. The van der Waals surface area contributed by atoms with Crippen molar-refractivity contribution in [3.05, 3.63) is 42.2 Å². The van der Waals surface area contributed by atoms with Crippen molar-refractivity contribution >= 4 is 17.6 Å². The molecule has 110 valence electrons. The molecule has 21 heavy (non-hydrogen) atoms. The zero-order valence-electron chi connectivity index (χ0n) is 11.7. The molecule has 0 aliphatic heterocycles. The van der Waals surface area contributed by atoms with Gasteiger partial charge in [0.2, 0.25) is 0 Å². The zero-order valence-corrected chi connectivity index (χ0v) is 11.7. The van der Waals surface area contributed by atoms with Gasteiger partial charge in [-0.2, -0.15) is 5.10 Å². The molecule has 3 N–H and O–H groups in total. The van der Waals surface area contributed by atoms with E-state index in [0.717, 1.165) is 5.69 Å². The summed E-state index contributed by atoms with van der Waals surface area (Å²) >= 11 is 0. The largest absolute Gasteiger partial charge is 0.467 e. The quantitative estimate of drug-likeness (QED) is 0.638. The fourth-order valence-electron chi connectivity index (χ4n) is 1.72. The second kappa shape index (κ2) is 6.08. The van der Waals surface area contributed by atoms with E-state index in [1.165, 1.54) is 7.11 Å². The van der Waals surface area contributed by atoms with E-state index in [9.17, 15) is 9.59 Å². The molecule has 1 unspecified atom stereocenters. The fourth-order valence-corrected chi connectivity index (χ4v) is 1.72. The maximum atomic E-state index is 12.0. The van der Waals surface area contributed by atoms with E-state index in [1.54, 1.807) is 48.1 Å². The van der Waals surface area contributed by atoms with E-state index in [1.807, 2.05) is 0 Å². The van der Waals surface area contributed by atoms with Gasteiger partial charge < -0.3 is 15.8 Å². The van der Waals surface area contributed by atoms with Crippen molar-refractivity contribution in [2.24, 2.45) is 0 Å². The lowest BCUT2D eigenvalue weighted by Crippen LogP contribution is -2.39. The number of nitrogens with zero attached hydrogens (tertiary/aromatic N) is 2. The van der Waals surface area contributed by atoms with Crippen LogP contribution >= 0.6 is 0 Å². The number of carbonyl (C=O) groups excluding carboxylic acids is 2. The summed E-state index contributed by atoms with van der Waals surface area (Å²) in [6.07, 6.45) is 1.66. The van der Waals surface area contributed by atoms with Crippen molar-refractivity contribution < 1.29 is 14.3 Å². The van der Waals surface area contributed by atoms with Gasteiger partial charge in [-0.15, -0.1) is 0 Å². The molecule has 0 saturated heterocycles. The molecule has 7 heteroatoms. The third-order valence-corrected chi connectivity index (χ3v) is 2.88. The Labute approximate surface area is 121 Å². The number of hydrogen-bond acceptors (Lipinski definition) is 5. The van der Waals surface area contributed by atoms with Crippen LogP contribution in [0.25, 0.3) is 5.69 Å². The normalized spacial score (nSPS) is 11.7. The average Bonchev–Trinajstić information content (AvgIpc) is 2.97. The summed E-state index contributed by atoms with van der Waals surface area (Å²) in [6, 6.07) is 7.91. The highest BCUT2D eigenvalue weighted by Crippen LogP contribution is 2.10. The van der Waals surface area contributed by atoms with Crippen LogP contribution in [-0.2, 0) is 9.53 Å². The molecule has 7 nitrogen and oxygen atoms in total. The predicted molar refractivity (Wildman–Crippen MR) is 76.9 cm³/mol. The van der Waals surface area contributed by atoms with Crippen LogP contribution in [0.15, 0.2) is 36.5 Å². The number of carbonyl (C=O) groups is 2. The van der Waals surface area contributed by atoms with Crippen molar-refractivity contribution in [3.8, 4) is 5.69 Å². The number of methoxy groups -OCH3 is 1. The third-order valence-electron chi connectivity index (χ3n) is 2.88. The first-order chi connectivity index (χ1) is 10.0. The van der Waals surface area contributed by atoms with Gasteiger partial charge in [-0.25, -0.2) is 9.48 Å². The fraction of sp³-hybridized carbons (Fsp3) is 0.214. The van der Waals surface area contributed by atoms with Gasteiger partial charge in [0.05, 0.1) is 12.8 Å². The lowest BCUT2D eigenvalue weighted by Gasteiger charge is -2.09. The minimum Gasteiger partial charge on any atom is -0.467 e. The van der Waals surface area contributed by atoms with Crippen molar-refractivity contribution in [2.75, 3.05) is 12.8 Å². The molecular weight excluding hydrogens is 272 g/mol. The van der Waals surface area contributed by atoms with Gasteiger partial charge in [-0.1, -0.05) is 0 Å². The van der Waals surface area contributed by atoms with E-state index in [4.69, 9.17) is 5.73 Å². The minimum absolute atomic E-state index is 0.211. The lowest BCUT2D eigenvalue weighted by atomic mass is 10.3. The number of ether oxygens (including phenoxy) is 1. The van der Waals surface area contributed by atoms with Gasteiger partial charge in [0.25, 0.3) is 5.91 Å². The van der Waals surface area contributed by atoms with E-state index < -0.39 is 17.9 Å². The van der Waals surface area contributed by atoms with Crippen LogP contribution in [0.3, 0.4) is 0 Å². The number of nitrogens with one attached hydrogen (secondary N) is 1. The maximum Gasteiger partial charge on any atom is 0.328 e. The molecule has 0 saturated carbocycles. The molecule has 2 rings (SSSR count). The summed E-state index contributed by atoms with van der Waals surface area (Å²) in [7, 11) is 1.26. The summed E-state index contributed by atoms with van der Waals surface area (Å²) in [5, 5.41) is 6.67. The van der Waals surface area contributed by atoms with Crippen LogP contribution in [-0.4, -0.2) is 34.8 Å². The standard InChI is InChI=1S/C14H16N4O3/c1-9(14(20)21-2)16-13(19)12-7-8-18(17-12)11-5-3-10(15)4-6-11/h3-9H,15H2,1-2H3,(H,16,19). The first kappa shape index (κ1) is 14.6. The first-order valence-electron chi connectivity index (χ1n) is 6.31. The molecule has 0 aliphatic rings. The zero-order chi connectivity index (χ0) is 15.4. The Bertz CT molecular complexity index is 648. The third kappa shape index (κ3) is 3.38. The minimum atomic E-state index is -0.732. The number of anilines is 1. The van der Waals surface area contributed by atoms with Crippen molar-refractivity contribution in [3.63, 3.8) is 0 Å². The van der Waals surface area contributed by atoms with E-state index in [-0.39, 0.29) is 5.69 Å². The number of nitrogen functional groups attached to an aromatic ring is 1. The Kier molecular flexibility index (Phi) is 4.22. The summed E-state index contributed by atoms with van der Waals surface area (Å²) in [5.74, 6) is -0.955. The Balaban J connectivity index is 2.10. The molecular formula is C14H16N4O3. The molecule has 1 heterocycles. The molecule has 1 aromatic heterocycles. The number of rotatable bonds is 4. The Morgan fingerprint density at radius 3 is 2.57 bits per heavy atom. The summed E-state index contributed by atoms with van der Waals surface area (Å²) in [5.41, 5.74) is 7.26. The summed E-state index contributed by atoms with van der Waals surface area (Å²) in [6.45, 7) is 1.54. The van der Waals surface area contributed by atoms with Crippen LogP contribution in [0.5, 0.6) is 0 Å². The van der Waals surface area contributed by atoms with Gasteiger partial charge in [0.15, 0.2) is 5.69 Å². The molecule has 0 fully saturated rings. The maximum absolute atomic E-state index is 12.0. The van der Waals surface area contributed by atoms with Gasteiger partial charge in [-0.05, 0) is 37.3 Å². The second-order valence-corrected chi connectivity index (χ2v) is 4.46. The van der Waals surface area contributed by atoms with Gasteiger partial charge >= 0.3 is 5.97 Å². The van der Waals surface area contributed by atoms with Crippen LogP contribution < -0.4 is 11.1 Å². The number of hydrogen-bond donors (Lipinski definition) is 2. The number of aromatic nitrogens is 2. The summed E-state index contributed by atoms with van der Waals surface area (Å²) < 4.78 is 6.10. The number of esters is 1. The van der Waals surface area contributed by atoms with Crippen LogP contribution in [0.2, 0.25) is 0 Å². The van der Waals surface area contributed by atoms with Gasteiger partial charge in [0, 0.05) is 11.9 Å². The smallest absolute Gasteiger partial charge is 0.328 e. The highest BCUT2D eigenvalue weighted by Gasteiger charge is 2.18. The van der Waals surface area contributed by atoms with Crippen molar-refractivity contribution in [1.29, 1.82) is 0 Å². The Morgan fingerprint density at radius 2 is 1.95 bits per heavy atom. The van der Waals surface area contributed by atoms with Crippen molar-refractivity contribution in [1.82, 2.24) is 15.1 Å². The number of amides is 1. The molecule has 0 aliphatic carbocycles. The SMILES string of the molecule is COC(=O)C(C)NC(=O)c1ccn(-c2ccc(N)cc2)n1. The summed E-state index contributed by atoms with van der Waals surface area (Å²) in [4.78, 5) is 23.2. The molecule has 1 aromatic carbocycles. The van der Waals surface area contributed by atoms with Crippen LogP contribution in [0.4, 0.5) is 5.69 Å². The van der Waals surface area contributed by atoms with Crippen molar-refractivity contribution in [2.45, 2.75) is 13.0 Å². The molecule has 1 amide bonds. The Hall–Kier alpha value is -2.83. The van der Waals surface area contributed by atoms with Crippen LogP contribution in [0, 0.1) is 0 Å². The average molecular weight is 288 g/mol. The molecule has 0 radical (unpaired) electrons. The van der Waals surface area contributed by atoms with E-state index in [2.05, 4.69) is 15.2 Å². The highest BCUT2D eigenvalue weighted by molar-refractivity contribution is 5.95. The topological polar surface area (TPSA) is 99.2 Å². The number of nitrogens with two attached hydrogens (primary N) is 1. The highest BCUT2D eigenvalue weighted by atomic mass is 16.5.